The maximum Gasteiger partial charge on any atom is 0.355 e. The normalized spacial score (nSPS) is 11.4. The lowest BCUT2D eigenvalue weighted by Gasteiger charge is -2.19. The number of H-pyrrole nitrogens is 1. The predicted octanol–water partition coefficient (Wildman–Crippen LogP) is 4.80. The summed E-state index contributed by atoms with van der Waals surface area (Å²) >= 11 is 0. The number of benzene rings is 1. The zero-order chi connectivity index (χ0) is 20.6. The lowest BCUT2D eigenvalue weighted by molar-refractivity contribution is -0.142. The summed E-state index contributed by atoms with van der Waals surface area (Å²) < 4.78 is 10.5. The Kier molecular flexibility index (Phi) is 7.38. The van der Waals surface area contributed by atoms with Crippen LogP contribution in [0.25, 0.3) is 12.2 Å². The molecule has 2 rings (SSSR count). The molecule has 0 saturated carbocycles. The first-order valence-corrected chi connectivity index (χ1v) is 9.23. The van der Waals surface area contributed by atoms with Gasteiger partial charge in [-0.15, -0.1) is 0 Å². The van der Waals surface area contributed by atoms with E-state index in [0.717, 1.165) is 16.7 Å². The maximum atomic E-state index is 12.6. The van der Waals surface area contributed by atoms with Crippen LogP contribution in [0.2, 0.25) is 0 Å². The number of carbonyl (C=O) groups is 2. The Hall–Kier alpha value is -3.08. The monoisotopic (exact) mass is 381 g/mol. The zero-order valence-corrected chi connectivity index (χ0v) is 16.7. The molecule has 1 N–H and O–H groups in total. The number of hydrogen-bond acceptors (Lipinski definition) is 4. The zero-order valence-electron chi connectivity index (χ0n) is 16.7. The Balaban J connectivity index is 2.25. The number of aromatic amines is 1. The second-order valence-corrected chi connectivity index (χ2v) is 7.32. The quantitative estimate of drug-likeness (QED) is 0.527. The van der Waals surface area contributed by atoms with E-state index in [2.05, 4.69) is 11.6 Å². The van der Waals surface area contributed by atoms with E-state index >= 15 is 0 Å². The van der Waals surface area contributed by atoms with Crippen LogP contribution in [0.3, 0.4) is 0 Å². The average Bonchev–Trinajstić information content (AvgIpc) is 3.05. The molecule has 0 amide bonds. The summed E-state index contributed by atoms with van der Waals surface area (Å²) in [6.45, 7) is 9.15. The van der Waals surface area contributed by atoms with E-state index in [4.69, 9.17) is 9.47 Å². The lowest BCUT2D eigenvalue weighted by atomic mass is 10.0. The molecule has 28 heavy (non-hydrogen) atoms. The summed E-state index contributed by atoms with van der Waals surface area (Å²) in [6, 6.07) is 9.85. The predicted molar refractivity (Wildman–Crippen MR) is 111 cm³/mol. The van der Waals surface area contributed by atoms with Crippen molar-refractivity contribution in [1.29, 1.82) is 0 Å². The molecule has 0 saturated heterocycles. The van der Waals surface area contributed by atoms with Gasteiger partial charge in [-0.3, -0.25) is 4.79 Å². The minimum absolute atomic E-state index is 0.160. The van der Waals surface area contributed by atoms with Gasteiger partial charge in [0.1, 0.15) is 17.9 Å². The van der Waals surface area contributed by atoms with Gasteiger partial charge in [0.25, 0.3) is 0 Å². The Morgan fingerprint density at radius 1 is 1.14 bits per heavy atom. The van der Waals surface area contributed by atoms with Gasteiger partial charge in [-0.25, -0.2) is 4.79 Å². The largest absolute Gasteiger partial charge is 0.461 e. The summed E-state index contributed by atoms with van der Waals surface area (Å²) in [5.41, 5.74) is 2.36. The van der Waals surface area contributed by atoms with Crippen LogP contribution >= 0.6 is 0 Å². The topological polar surface area (TPSA) is 68.4 Å². The van der Waals surface area contributed by atoms with Crippen LogP contribution in [-0.4, -0.2) is 29.1 Å². The van der Waals surface area contributed by atoms with Crippen molar-refractivity contribution >= 4 is 24.1 Å². The molecule has 0 aliphatic rings. The van der Waals surface area contributed by atoms with Crippen LogP contribution in [0, 0.1) is 0 Å². The molecule has 1 aromatic carbocycles. The van der Waals surface area contributed by atoms with Crippen LogP contribution in [0.4, 0.5) is 0 Å². The van der Waals surface area contributed by atoms with Crippen LogP contribution in [0.5, 0.6) is 0 Å². The fourth-order valence-electron chi connectivity index (χ4n) is 2.60. The molecule has 0 bridgehead atoms. The van der Waals surface area contributed by atoms with Crippen molar-refractivity contribution in [3.63, 3.8) is 0 Å². The molecule has 5 nitrogen and oxygen atoms in total. The molecule has 1 aromatic heterocycles. The van der Waals surface area contributed by atoms with Gasteiger partial charge in [-0.1, -0.05) is 55.1 Å². The van der Waals surface area contributed by atoms with Gasteiger partial charge in [0.05, 0.1) is 0 Å². The molecule has 0 radical (unpaired) electrons. The minimum Gasteiger partial charge on any atom is -0.461 e. The highest BCUT2D eigenvalue weighted by molar-refractivity contribution is 5.91. The molecule has 1 heterocycles. The van der Waals surface area contributed by atoms with Crippen LogP contribution < -0.4 is 0 Å². The maximum absolute atomic E-state index is 12.6. The molecule has 0 fully saturated rings. The number of nitrogens with one attached hydrogen (secondary N) is 1. The molecule has 0 aliphatic carbocycles. The molecule has 0 atom stereocenters. The highest BCUT2D eigenvalue weighted by Crippen LogP contribution is 2.22. The van der Waals surface area contributed by atoms with Crippen molar-refractivity contribution in [3.05, 3.63) is 71.6 Å². The third kappa shape index (κ3) is 6.58. The number of aromatic nitrogens is 1. The molecule has 0 spiro atoms. The van der Waals surface area contributed by atoms with Gasteiger partial charge in [0.15, 0.2) is 0 Å². The molecule has 0 aliphatic heterocycles. The fourth-order valence-corrected chi connectivity index (χ4v) is 2.60. The molecule has 5 heteroatoms. The summed E-state index contributed by atoms with van der Waals surface area (Å²) in [5.74, 6) is -0.782. The third-order valence-corrected chi connectivity index (χ3v) is 3.82. The van der Waals surface area contributed by atoms with Crippen LogP contribution in [-0.2, 0) is 20.7 Å². The number of ether oxygens (including phenoxy) is 2. The van der Waals surface area contributed by atoms with Crippen molar-refractivity contribution in [3.8, 4) is 0 Å². The summed E-state index contributed by atoms with van der Waals surface area (Å²) in [4.78, 5) is 27.5. The molecule has 148 valence electrons. The van der Waals surface area contributed by atoms with Crippen molar-refractivity contribution in [1.82, 2.24) is 4.98 Å². The van der Waals surface area contributed by atoms with Gasteiger partial charge in [0.2, 0.25) is 0 Å². The van der Waals surface area contributed by atoms with Gasteiger partial charge in [-0.2, -0.15) is 0 Å². The van der Waals surface area contributed by atoms with E-state index in [9.17, 15) is 9.59 Å². The van der Waals surface area contributed by atoms with Crippen molar-refractivity contribution in [2.45, 2.75) is 39.2 Å². The second-order valence-electron chi connectivity index (χ2n) is 7.32. The Bertz CT molecular complexity index is 841. The van der Waals surface area contributed by atoms with Crippen molar-refractivity contribution in [2.24, 2.45) is 0 Å². The Labute approximate surface area is 166 Å². The number of esters is 2. The van der Waals surface area contributed by atoms with Gasteiger partial charge in [0, 0.05) is 12.6 Å². The first-order chi connectivity index (χ1) is 13.3. The van der Waals surface area contributed by atoms with Crippen molar-refractivity contribution in [2.75, 3.05) is 6.61 Å². The third-order valence-electron chi connectivity index (χ3n) is 3.82. The van der Waals surface area contributed by atoms with E-state index in [1.165, 1.54) is 6.08 Å². The average molecular weight is 381 g/mol. The highest BCUT2D eigenvalue weighted by atomic mass is 16.6. The van der Waals surface area contributed by atoms with E-state index in [1.807, 2.05) is 63.3 Å². The van der Waals surface area contributed by atoms with Crippen LogP contribution in [0.15, 0.2) is 49.2 Å². The second kappa shape index (κ2) is 9.74. The summed E-state index contributed by atoms with van der Waals surface area (Å²) in [7, 11) is 0. The van der Waals surface area contributed by atoms with Gasteiger partial charge >= 0.3 is 11.9 Å². The molecular weight excluding hydrogens is 354 g/mol. The number of rotatable bonds is 8. The van der Waals surface area contributed by atoms with Crippen molar-refractivity contribution < 1.29 is 19.1 Å². The van der Waals surface area contributed by atoms with E-state index in [1.54, 1.807) is 6.20 Å². The number of hydrogen-bond donors (Lipinski definition) is 1. The first-order valence-electron chi connectivity index (χ1n) is 9.23. The lowest BCUT2D eigenvalue weighted by Crippen LogP contribution is -2.24. The smallest absolute Gasteiger partial charge is 0.355 e. The Morgan fingerprint density at radius 3 is 2.50 bits per heavy atom. The van der Waals surface area contributed by atoms with E-state index < -0.39 is 11.6 Å². The van der Waals surface area contributed by atoms with E-state index in [-0.39, 0.29) is 19.0 Å². The van der Waals surface area contributed by atoms with E-state index in [0.29, 0.717) is 12.1 Å². The van der Waals surface area contributed by atoms with Gasteiger partial charge < -0.3 is 14.5 Å². The number of carbonyl (C=O) groups excluding carboxylic acids is 2. The van der Waals surface area contributed by atoms with Crippen LogP contribution in [0.1, 0.15) is 54.4 Å². The SMILES string of the molecule is C=CCOC(=O)CCc1c(/C=C/c2ccccc2)c[nH]c1C(=O)OC(C)(C)C. The summed E-state index contributed by atoms with van der Waals surface area (Å²) in [5, 5.41) is 0. The fraction of sp³-hybridized carbons (Fsp3) is 0.304. The minimum atomic E-state index is -0.609. The molecule has 2 aromatic rings. The van der Waals surface area contributed by atoms with Gasteiger partial charge in [-0.05, 0) is 43.9 Å². The standard InChI is InChI=1S/C23H27NO4/c1-5-15-27-20(25)14-13-19-18(12-11-17-9-7-6-8-10-17)16-24-21(19)22(26)28-23(2,3)4/h5-12,16,24H,1,13-15H2,2-4H3/b12-11+. The molecular formula is C23H27NO4. The summed E-state index contributed by atoms with van der Waals surface area (Å²) in [6.07, 6.45) is 7.68. The molecule has 0 unspecified atom stereocenters. The first kappa shape index (κ1) is 21.2. The highest BCUT2D eigenvalue weighted by Gasteiger charge is 2.23. The Morgan fingerprint density at radius 2 is 1.86 bits per heavy atom.